The van der Waals surface area contributed by atoms with E-state index in [9.17, 15) is 31.9 Å². The molecule has 0 aliphatic rings. The van der Waals surface area contributed by atoms with E-state index in [0.717, 1.165) is 7.05 Å². The Morgan fingerprint density at radius 1 is 1.14 bits per heavy atom. The third-order valence-corrected chi connectivity index (χ3v) is 4.68. The molecule has 0 aliphatic heterocycles. The number of benzene rings is 1. The summed E-state index contributed by atoms with van der Waals surface area (Å²) < 4.78 is 69.8. The van der Waals surface area contributed by atoms with Crippen LogP contribution in [0, 0.1) is 5.82 Å². The molecule has 2 aromatic heterocycles. The van der Waals surface area contributed by atoms with Gasteiger partial charge in [-0.3, -0.25) is 9.36 Å². The van der Waals surface area contributed by atoms with Gasteiger partial charge in [0.15, 0.2) is 29.7 Å². The van der Waals surface area contributed by atoms with Crippen molar-refractivity contribution in [2.24, 2.45) is 7.05 Å². The summed E-state index contributed by atoms with van der Waals surface area (Å²) in [6.07, 6.45) is -5.00. The highest BCUT2D eigenvalue weighted by Crippen LogP contribution is 2.35. The van der Waals surface area contributed by atoms with Crippen molar-refractivity contribution >= 4 is 17.6 Å². The first-order valence-corrected chi connectivity index (χ1v) is 10.1. The third kappa shape index (κ3) is 5.62. The normalized spacial score (nSPS) is 11.3. The molecule has 35 heavy (non-hydrogen) atoms. The second-order valence-electron chi connectivity index (χ2n) is 6.77. The molecule has 186 valence electrons. The number of hydrogen-bond donors (Lipinski definition) is 0. The number of alkyl halides is 3. The van der Waals surface area contributed by atoms with Crippen LogP contribution in [0.5, 0.6) is 17.4 Å². The Balaban J connectivity index is 2.05. The fraction of sp³-hybridized carbons (Fsp3) is 0.238. The highest BCUT2D eigenvalue weighted by atomic mass is 35.5. The molecule has 0 fully saturated rings. The van der Waals surface area contributed by atoms with Crippen molar-refractivity contribution in [2.45, 2.75) is 13.1 Å². The standard InChI is InChI=1S/C21H16ClF4N3O6/c1-3-33-17(31)10-34-13-6-4-5-7-14(13)35-19-11(22)8-12(23)18(27-19)29-16(30)9-15(21(24,25)26)28(2)20(29)32/h4-9H,3,10H2,1-2H3. The highest BCUT2D eigenvalue weighted by Gasteiger charge is 2.35. The number of ether oxygens (including phenoxy) is 3. The van der Waals surface area contributed by atoms with Crippen molar-refractivity contribution in [1.82, 2.24) is 14.1 Å². The van der Waals surface area contributed by atoms with Crippen LogP contribution in [0.2, 0.25) is 5.02 Å². The number of nitrogens with zero attached hydrogens (tertiary/aromatic N) is 3. The fourth-order valence-electron chi connectivity index (χ4n) is 2.86. The fourth-order valence-corrected chi connectivity index (χ4v) is 3.04. The number of pyridine rings is 1. The Bertz CT molecular complexity index is 1390. The third-order valence-electron chi connectivity index (χ3n) is 4.41. The summed E-state index contributed by atoms with van der Waals surface area (Å²) in [6.45, 7) is 1.30. The number of rotatable bonds is 7. The lowest BCUT2D eigenvalue weighted by Gasteiger charge is -2.15. The minimum atomic E-state index is -5.00. The van der Waals surface area contributed by atoms with Crippen LogP contribution in [0.4, 0.5) is 17.6 Å². The minimum Gasteiger partial charge on any atom is -0.478 e. The van der Waals surface area contributed by atoms with Gasteiger partial charge in [-0.25, -0.2) is 18.5 Å². The summed E-state index contributed by atoms with van der Waals surface area (Å²) in [6, 6.07) is 6.72. The van der Waals surface area contributed by atoms with E-state index in [4.69, 9.17) is 25.8 Å². The first-order chi connectivity index (χ1) is 16.4. The number of carbonyl (C=O) groups excluding carboxylic acids is 1. The average molecular weight is 518 g/mol. The summed E-state index contributed by atoms with van der Waals surface area (Å²) >= 11 is 5.99. The van der Waals surface area contributed by atoms with Crippen molar-refractivity contribution in [3.8, 4) is 23.2 Å². The Labute approximate surface area is 199 Å². The lowest BCUT2D eigenvalue weighted by Crippen LogP contribution is -2.41. The monoisotopic (exact) mass is 517 g/mol. The summed E-state index contributed by atoms with van der Waals surface area (Å²) in [4.78, 5) is 40.1. The molecule has 0 spiro atoms. The molecule has 14 heteroatoms. The van der Waals surface area contributed by atoms with E-state index in [-0.39, 0.29) is 38.3 Å². The van der Waals surface area contributed by atoms with Gasteiger partial charge in [-0.1, -0.05) is 23.7 Å². The summed E-state index contributed by atoms with van der Waals surface area (Å²) in [5, 5.41) is -0.386. The quantitative estimate of drug-likeness (QED) is 0.349. The van der Waals surface area contributed by atoms with Gasteiger partial charge < -0.3 is 14.2 Å². The van der Waals surface area contributed by atoms with Crippen molar-refractivity contribution in [3.63, 3.8) is 0 Å². The maximum Gasteiger partial charge on any atom is 0.431 e. The van der Waals surface area contributed by atoms with Gasteiger partial charge in [-0.2, -0.15) is 18.2 Å². The zero-order valence-corrected chi connectivity index (χ0v) is 18.8. The van der Waals surface area contributed by atoms with Crippen molar-refractivity contribution < 1.29 is 36.6 Å². The average Bonchev–Trinajstić information content (AvgIpc) is 2.78. The second kappa shape index (κ2) is 10.2. The lowest BCUT2D eigenvalue weighted by molar-refractivity contribution is -0.145. The van der Waals surface area contributed by atoms with Crippen LogP contribution in [0.3, 0.4) is 0 Å². The van der Waals surface area contributed by atoms with E-state index in [1.165, 1.54) is 18.2 Å². The zero-order chi connectivity index (χ0) is 25.9. The van der Waals surface area contributed by atoms with Crippen LogP contribution >= 0.6 is 11.6 Å². The molecule has 0 amide bonds. The lowest BCUT2D eigenvalue weighted by atomic mass is 10.3. The zero-order valence-electron chi connectivity index (χ0n) is 18.1. The molecule has 3 aromatic rings. The molecule has 0 N–H and O–H groups in total. The van der Waals surface area contributed by atoms with Gasteiger partial charge in [0.2, 0.25) is 5.88 Å². The van der Waals surface area contributed by atoms with E-state index >= 15 is 0 Å². The Kier molecular flexibility index (Phi) is 7.48. The van der Waals surface area contributed by atoms with Gasteiger partial charge in [0.05, 0.1) is 6.61 Å². The van der Waals surface area contributed by atoms with E-state index in [0.29, 0.717) is 6.07 Å². The predicted octanol–water partition coefficient (Wildman–Crippen LogP) is 3.48. The van der Waals surface area contributed by atoms with E-state index in [2.05, 4.69) is 4.98 Å². The Morgan fingerprint density at radius 2 is 1.80 bits per heavy atom. The minimum absolute atomic E-state index is 0.0311. The second-order valence-corrected chi connectivity index (χ2v) is 7.17. The molecule has 0 saturated heterocycles. The first kappa shape index (κ1) is 25.7. The maximum absolute atomic E-state index is 14.6. The van der Waals surface area contributed by atoms with Crippen LogP contribution in [0.1, 0.15) is 12.6 Å². The van der Waals surface area contributed by atoms with Crippen LogP contribution in [0.25, 0.3) is 5.82 Å². The number of esters is 1. The summed E-state index contributed by atoms with van der Waals surface area (Å²) in [5.41, 5.74) is -4.50. The molecule has 0 atom stereocenters. The predicted molar refractivity (Wildman–Crippen MR) is 114 cm³/mol. The van der Waals surface area contributed by atoms with Gasteiger partial charge in [-0.15, -0.1) is 0 Å². The molecule has 0 aliphatic carbocycles. The number of carbonyl (C=O) groups is 1. The summed E-state index contributed by atoms with van der Waals surface area (Å²) in [7, 11) is 0.767. The van der Waals surface area contributed by atoms with Crippen molar-refractivity contribution in [2.75, 3.05) is 13.2 Å². The highest BCUT2D eigenvalue weighted by molar-refractivity contribution is 6.31. The van der Waals surface area contributed by atoms with E-state index in [1.54, 1.807) is 13.0 Å². The Hall–Kier alpha value is -3.87. The van der Waals surface area contributed by atoms with Crippen LogP contribution in [0.15, 0.2) is 46.0 Å². The molecule has 9 nitrogen and oxygen atoms in total. The molecule has 0 bridgehead atoms. The van der Waals surface area contributed by atoms with Crippen molar-refractivity contribution in [3.05, 3.63) is 73.8 Å². The molecule has 2 heterocycles. The molecular formula is C21H16ClF4N3O6. The molecule has 0 saturated carbocycles. The number of halogens is 5. The first-order valence-electron chi connectivity index (χ1n) is 9.76. The Morgan fingerprint density at radius 3 is 2.43 bits per heavy atom. The van der Waals surface area contributed by atoms with Crippen LogP contribution < -0.4 is 20.7 Å². The van der Waals surface area contributed by atoms with E-state index < -0.39 is 53.2 Å². The van der Waals surface area contributed by atoms with Crippen LogP contribution in [-0.2, 0) is 22.8 Å². The molecular weight excluding hydrogens is 502 g/mol. The smallest absolute Gasteiger partial charge is 0.431 e. The number of hydrogen-bond acceptors (Lipinski definition) is 7. The van der Waals surface area contributed by atoms with Crippen molar-refractivity contribution in [1.29, 1.82) is 0 Å². The van der Waals surface area contributed by atoms with Gasteiger partial charge in [0, 0.05) is 19.2 Å². The van der Waals surface area contributed by atoms with Gasteiger partial charge in [-0.05, 0) is 19.1 Å². The van der Waals surface area contributed by atoms with Gasteiger partial charge >= 0.3 is 17.8 Å². The number of para-hydroxylation sites is 2. The SMILES string of the molecule is CCOC(=O)COc1ccccc1Oc1nc(-n2c(=O)cc(C(F)(F)F)n(C)c2=O)c(F)cc1Cl. The molecule has 1 aromatic carbocycles. The topological polar surface area (TPSA) is 102 Å². The molecule has 3 rings (SSSR count). The largest absolute Gasteiger partial charge is 0.478 e. The van der Waals surface area contributed by atoms with E-state index in [1.807, 2.05) is 0 Å². The number of aromatic nitrogens is 3. The molecule has 0 unspecified atom stereocenters. The van der Waals surface area contributed by atoms with Crippen LogP contribution in [-0.4, -0.2) is 33.3 Å². The molecule has 0 radical (unpaired) electrons. The summed E-state index contributed by atoms with van der Waals surface area (Å²) in [5.74, 6) is -3.34. The van der Waals surface area contributed by atoms with Gasteiger partial charge in [0.1, 0.15) is 10.7 Å². The maximum atomic E-state index is 14.6. The van der Waals surface area contributed by atoms with Gasteiger partial charge in [0.25, 0.3) is 5.56 Å².